The molecule has 0 aliphatic heterocycles. The van der Waals surface area contributed by atoms with E-state index < -0.39 is 16.0 Å². The van der Waals surface area contributed by atoms with Crippen molar-refractivity contribution >= 4 is 44.8 Å². The van der Waals surface area contributed by atoms with Gasteiger partial charge >= 0.3 is 5.97 Å². The first-order valence-corrected chi connectivity index (χ1v) is 10.7. The molecule has 7 nitrogen and oxygen atoms in total. The molecule has 1 N–H and O–H groups in total. The maximum Gasteiger partial charge on any atom is 0.307 e. The Kier molecular flexibility index (Phi) is 7.78. The van der Waals surface area contributed by atoms with Crippen LogP contribution in [0.1, 0.15) is 11.3 Å². The third-order valence-corrected chi connectivity index (χ3v) is 6.04. The lowest BCUT2D eigenvalue weighted by molar-refractivity contribution is -0.151. The van der Waals surface area contributed by atoms with Gasteiger partial charge in [-0.3, -0.25) is 9.59 Å². The van der Waals surface area contributed by atoms with Crippen molar-refractivity contribution in [1.29, 1.82) is 0 Å². The van der Waals surface area contributed by atoms with Crippen molar-refractivity contribution in [2.45, 2.75) is 17.9 Å². The summed E-state index contributed by atoms with van der Waals surface area (Å²) in [6.45, 7) is -0.0951. The van der Waals surface area contributed by atoms with Crippen LogP contribution in [0.5, 0.6) is 0 Å². The highest BCUT2D eigenvalue weighted by Gasteiger charge is 2.16. The minimum absolute atomic E-state index is 0.00810. The lowest BCUT2D eigenvalue weighted by Gasteiger charge is -2.16. The van der Waals surface area contributed by atoms with Crippen LogP contribution in [0, 0.1) is 0 Å². The molecule has 1 amide bonds. The Morgan fingerprint density at radius 1 is 1.26 bits per heavy atom. The Morgan fingerprint density at radius 3 is 2.70 bits per heavy atom. The van der Waals surface area contributed by atoms with Gasteiger partial charge in [-0.1, -0.05) is 23.7 Å². The number of rotatable bonds is 9. The minimum Gasteiger partial charge on any atom is -0.456 e. The summed E-state index contributed by atoms with van der Waals surface area (Å²) in [5, 5.41) is 2.21. The van der Waals surface area contributed by atoms with Gasteiger partial charge in [-0.05, 0) is 29.6 Å². The summed E-state index contributed by atoms with van der Waals surface area (Å²) in [5.74, 6) is -1.00. The van der Waals surface area contributed by atoms with Crippen LogP contribution in [-0.4, -0.2) is 45.4 Å². The fraction of sp³-hybridized carbons (Fsp3) is 0.294. The van der Waals surface area contributed by atoms with Crippen molar-refractivity contribution < 1.29 is 22.7 Å². The Labute approximate surface area is 166 Å². The van der Waals surface area contributed by atoms with Crippen molar-refractivity contribution in [3.63, 3.8) is 0 Å². The Morgan fingerprint density at radius 2 is 2.04 bits per heavy atom. The van der Waals surface area contributed by atoms with Crippen molar-refractivity contribution in [2.75, 3.05) is 20.2 Å². The van der Waals surface area contributed by atoms with Crippen LogP contribution >= 0.6 is 22.9 Å². The van der Waals surface area contributed by atoms with Gasteiger partial charge in [0.2, 0.25) is 10.0 Å². The number of carbonyl (C=O) groups excluding carboxylic acids is 2. The van der Waals surface area contributed by atoms with Crippen molar-refractivity contribution in [3.8, 4) is 0 Å². The van der Waals surface area contributed by atoms with Crippen LogP contribution in [0.2, 0.25) is 5.02 Å². The van der Waals surface area contributed by atoms with Gasteiger partial charge in [0.05, 0.1) is 17.9 Å². The molecule has 1 aromatic heterocycles. The summed E-state index contributed by atoms with van der Waals surface area (Å²) in [6.07, 6.45) is -0.193. The summed E-state index contributed by atoms with van der Waals surface area (Å²) in [6, 6.07) is 9.59. The molecule has 0 unspecified atom stereocenters. The lowest BCUT2D eigenvalue weighted by atomic mass is 10.4. The molecule has 2 rings (SSSR count). The zero-order valence-electron chi connectivity index (χ0n) is 14.6. The van der Waals surface area contributed by atoms with Gasteiger partial charge in [-0.15, -0.1) is 11.3 Å². The van der Waals surface area contributed by atoms with Crippen LogP contribution in [0.4, 0.5) is 0 Å². The van der Waals surface area contributed by atoms with E-state index in [2.05, 4.69) is 4.72 Å². The third kappa shape index (κ3) is 6.94. The van der Waals surface area contributed by atoms with Gasteiger partial charge in [-0.2, -0.15) is 0 Å². The van der Waals surface area contributed by atoms with Crippen LogP contribution < -0.4 is 4.72 Å². The molecular weight excluding hydrogens is 412 g/mol. The monoisotopic (exact) mass is 430 g/mol. The molecule has 0 atom stereocenters. The molecule has 2 aromatic rings. The predicted octanol–water partition coefficient (Wildman–Crippen LogP) is 2.27. The van der Waals surface area contributed by atoms with Crippen LogP contribution in [0.15, 0.2) is 46.7 Å². The van der Waals surface area contributed by atoms with E-state index in [-0.39, 0.29) is 30.4 Å². The highest BCUT2D eigenvalue weighted by molar-refractivity contribution is 7.89. The number of esters is 1. The summed E-state index contributed by atoms with van der Waals surface area (Å²) in [4.78, 5) is 26.2. The Bertz CT molecular complexity index is 884. The fourth-order valence-corrected chi connectivity index (χ4v) is 4.14. The summed E-state index contributed by atoms with van der Waals surface area (Å²) >= 11 is 7.31. The number of halogens is 1. The maximum atomic E-state index is 12.1. The SMILES string of the molecule is CN(Cc1cccs1)C(=O)COC(=O)CCNS(=O)(=O)c1cccc(Cl)c1. The molecule has 0 radical (unpaired) electrons. The molecule has 1 aromatic carbocycles. The number of likely N-dealkylation sites (N-methyl/N-ethyl adjacent to an activating group) is 1. The van der Waals surface area contributed by atoms with Crippen LogP contribution in [-0.2, 0) is 30.9 Å². The first-order valence-electron chi connectivity index (χ1n) is 7.95. The van der Waals surface area contributed by atoms with Gasteiger partial charge in [0.15, 0.2) is 6.61 Å². The molecule has 10 heteroatoms. The Hall–Kier alpha value is -1.94. The molecule has 146 valence electrons. The number of hydrogen-bond donors (Lipinski definition) is 1. The topological polar surface area (TPSA) is 92.8 Å². The third-order valence-electron chi connectivity index (χ3n) is 3.48. The van der Waals surface area contributed by atoms with Crippen molar-refractivity contribution in [3.05, 3.63) is 51.7 Å². The molecule has 0 fully saturated rings. The number of carbonyl (C=O) groups is 2. The number of amides is 1. The van der Waals surface area contributed by atoms with E-state index >= 15 is 0 Å². The van der Waals surface area contributed by atoms with Gasteiger partial charge in [-0.25, -0.2) is 13.1 Å². The van der Waals surface area contributed by atoms with E-state index in [1.54, 1.807) is 13.1 Å². The Balaban J connectivity index is 1.72. The molecule has 0 saturated carbocycles. The summed E-state index contributed by atoms with van der Waals surface area (Å²) < 4.78 is 31.4. The zero-order valence-corrected chi connectivity index (χ0v) is 16.9. The van der Waals surface area contributed by atoms with E-state index in [0.717, 1.165) is 4.88 Å². The molecule has 0 aliphatic rings. The average Bonchev–Trinajstić information content (AvgIpc) is 3.12. The molecule has 1 heterocycles. The number of sulfonamides is 1. The first-order chi connectivity index (χ1) is 12.8. The van der Waals surface area contributed by atoms with Gasteiger partial charge in [0, 0.05) is 23.5 Å². The molecule has 0 saturated heterocycles. The van der Waals surface area contributed by atoms with Gasteiger partial charge in [0.25, 0.3) is 5.91 Å². The zero-order chi connectivity index (χ0) is 19.9. The molecule has 0 spiro atoms. The number of hydrogen-bond acceptors (Lipinski definition) is 6. The number of nitrogens with one attached hydrogen (secondary N) is 1. The number of benzene rings is 1. The van der Waals surface area contributed by atoms with Crippen molar-refractivity contribution in [1.82, 2.24) is 9.62 Å². The quantitative estimate of drug-likeness (QED) is 0.616. The maximum absolute atomic E-state index is 12.1. The number of thiophene rings is 1. The second-order valence-electron chi connectivity index (χ2n) is 5.59. The lowest BCUT2D eigenvalue weighted by Crippen LogP contribution is -2.31. The van der Waals surface area contributed by atoms with E-state index in [9.17, 15) is 18.0 Å². The molecular formula is C17H19ClN2O5S2. The van der Waals surface area contributed by atoms with E-state index in [1.165, 1.54) is 34.4 Å². The fourth-order valence-electron chi connectivity index (χ4n) is 2.05. The highest BCUT2D eigenvalue weighted by Crippen LogP contribution is 2.15. The van der Waals surface area contributed by atoms with E-state index in [1.807, 2.05) is 17.5 Å². The normalized spacial score (nSPS) is 11.2. The minimum atomic E-state index is -3.77. The summed E-state index contributed by atoms with van der Waals surface area (Å²) in [5.41, 5.74) is 0. The van der Waals surface area contributed by atoms with E-state index in [4.69, 9.17) is 16.3 Å². The molecule has 27 heavy (non-hydrogen) atoms. The second-order valence-corrected chi connectivity index (χ2v) is 8.83. The highest BCUT2D eigenvalue weighted by atomic mass is 35.5. The molecule has 0 bridgehead atoms. The van der Waals surface area contributed by atoms with Crippen LogP contribution in [0.3, 0.4) is 0 Å². The van der Waals surface area contributed by atoms with Crippen LogP contribution in [0.25, 0.3) is 0 Å². The number of ether oxygens (including phenoxy) is 1. The van der Waals surface area contributed by atoms with Crippen molar-refractivity contribution in [2.24, 2.45) is 0 Å². The summed E-state index contributed by atoms with van der Waals surface area (Å²) in [7, 11) is -2.15. The largest absolute Gasteiger partial charge is 0.456 e. The first kappa shape index (κ1) is 21.4. The standard InChI is InChI=1S/C17H19ClN2O5S2/c1-20(11-14-5-3-9-26-14)16(21)12-25-17(22)7-8-19-27(23,24)15-6-2-4-13(18)10-15/h2-6,9-10,19H,7-8,11-12H2,1H3. The molecule has 0 aliphatic carbocycles. The second kappa shape index (κ2) is 9.84. The van der Waals surface area contributed by atoms with Gasteiger partial charge in [0.1, 0.15) is 0 Å². The number of nitrogens with zero attached hydrogens (tertiary/aromatic N) is 1. The van der Waals surface area contributed by atoms with E-state index in [0.29, 0.717) is 11.6 Å². The predicted molar refractivity (Wildman–Crippen MR) is 103 cm³/mol. The average molecular weight is 431 g/mol. The van der Waals surface area contributed by atoms with Gasteiger partial charge < -0.3 is 9.64 Å². The smallest absolute Gasteiger partial charge is 0.307 e.